The molecule has 0 bridgehead atoms. The van der Waals surface area contributed by atoms with Crippen molar-refractivity contribution in [2.75, 3.05) is 6.54 Å². The molecule has 1 aliphatic rings. The third kappa shape index (κ3) is 2.27. The van der Waals surface area contributed by atoms with Crippen LogP contribution in [0.5, 0.6) is 0 Å². The van der Waals surface area contributed by atoms with Gasteiger partial charge in [-0.1, -0.05) is 0 Å². The number of sulfonamides is 1. The number of hydrogen-bond acceptors (Lipinski definition) is 4. The predicted molar refractivity (Wildman–Crippen MR) is 67.6 cm³/mol. The molecular formula is C11H17NO3S2. The van der Waals surface area contributed by atoms with Gasteiger partial charge in [-0.15, -0.1) is 11.3 Å². The molecule has 1 aliphatic heterocycles. The van der Waals surface area contributed by atoms with Crippen molar-refractivity contribution in [2.45, 2.75) is 43.5 Å². The molecule has 2 rings (SSSR count). The monoisotopic (exact) mass is 275 g/mol. The molecule has 0 aliphatic carbocycles. The van der Waals surface area contributed by atoms with Gasteiger partial charge in [-0.05, 0) is 38.3 Å². The van der Waals surface area contributed by atoms with Gasteiger partial charge in [0, 0.05) is 17.5 Å². The van der Waals surface area contributed by atoms with E-state index in [4.69, 9.17) is 5.11 Å². The number of nitrogens with zero attached hydrogens (tertiary/aromatic N) is 1. The van der Waals surface area contributed by atoms with Crippen LogP contribution in [0, 0.1) is 6.92 Å². The molecule has 1 aromatic heterocycles. The fraction of sp³-hybridized carbons (Fsp3) is 0.636. The highest BCUT2D eigenvalue weighted by Crippen LogP contribution is 2.32. The molecule has 0 saturated carbocycles. The van der Waals surface area contributed by atoms with Gasteiger partial charge in [-0.25, -0.2) is 8.42 Å². The molecule has 1 N–H and O–H groups in total. The summed E-state index contributed by atoms with van der Waals surface area (Å²) < 4.78 is 26.7. The van der Waals surface area contributed by atoms with Crippen molar-refractivity contribution < 1.29 is 13.5 Å². The minimum Gasteiger partial charge on any atom is -0.391 e. The van der Waals surface area contributed by atoms with Gasteiger partial charge in [0.25, 0.3) is 10.0 Å². The molecule has 17 heavy (non-hydrogen) atoms. The van der Waals surface area contributed by atoms with Crippen LogP contribution in [0.25, 0.3) is 0 Å². The van der Waals surface area contributed by atoms with E-state index in [0.717, 1.165) is 23.3 Å². The Balaban J connectivity index is 2.37. The second kappa shape index (κ2) is 4.68. The Labute approximate surface area is 106 Å². The van der Waals surface area contributed by atoms with Crippen LogP contribution in [0.2, 0.25) is 0 Å². The van der Waals surface area contributed by atoms with E-state index in [2.05, 4.69) is 0 Å². The molecule has 0 radical (unpaired) electrons. The molecule has 4 nitrogen and oxygen atoms in total. The number of rotatable bonds is 3. The third-order valence-electron chi connectivity index (χ3n) is 3.20. The second-order valence-electron chi connectivity index (χ2n) is 4.44. The average molecular weight is 275 g/mol. The summed E-state index contributed by atoms with van der Waals surface area (Å²) in [6.07, 6.45) is 1.86. The number of thiophene rings is 1. The summed E-state index contributed by atoms with van der Waals surface area (Å²) in [5.41, 5.74) is 0.850. The highest BCUT2D eigenvalue weighted by atomic mass is 32.2. The van der Waals surface area contributed by atoms with Crippen molar-refractivity contribution in [1.29, 1.82) is 0 Å². The van der Waals surface area contributed by atoms with Crippen LogP contribution in [0.15, 0.2) is 10.3 Å². The molecule has 0 aromatic carbocycles. The fourth-order valence-corrected chi connectivity index (χ4v) is 5.43. The second-order valence-corrected chi connectivity index (χ2v) is 7.69. The van der Waals surface area contributed by atoms with Gasteiger partial charge in [0.1, 0.15) is 4.21 Å². The van der Waals surface area contributed by atoms with Gasteiger partial charge in [-0.3, -0.25) is 0 Å². The largest absolute Gasteiger partial charge is 0.391 e. The molecule has 0 spiro atoms. The lowest BCUT2D eigenvalue weighted by molar-refractivity contribution is 0.285. The van der Waals surface area contributed by atoms with Crippen LogP contribution in [0.3, 0.4) is 0 Å². The molecular weight excluding hydrogens is 258 g/mol. The van der Waals surface area contributed by atoms with Crippen LogP contribution in [-0.2, 0) is 16.6 Å². The van der Waals surface area contributed by atoms with E-state index < -0.39 is 10.0 Å². The summed E-state index contributed by atoms with van der Waals surface area (Å²) in [6, 6.07) is 1.75. The van der Waals surface area contributed by atoms with E-state index in [1.165, 1.54) is 11.3 Å². The Morgan fingerprint density at radius 1 is 1.59 bits per heavy atom. The summed E-state index contributed by atoms with van der Waals surface area (Å²) in [7, 11) is -3.36. The van der Waals surface area contributed by atoms with Crippen molar-refractivity contribution in [3.8, 4) is 0 Å². The van der Waals surface area contributed by atoms with Crippen LogP contribution in [0.1, 0.15) is 30.2 Å². The average Bonchev–Trinajstić information content (AvgIpc) is 2.84. The summed E-state index contributed by atoms with van der Waals surface area (Å²) in [5, 5.41) is 9.12. The van der Waals surface area contributed by atoms with Crippen LogP contribution in [-0.4, -0.2) is 30.4 Å². The summed E-state index contributed by atoms with van der Waals surface area (Å²) in [4.78, 5) is 0.732. The zero-order valence-electron chi connectivity index (χ0n) is 10.0. The van der Waals surface area contributed by atoms with E-state index in [0.29, 0.717) is 10.8 Å². The van der Waals surface area contributed by atoms with Gasteiger partial charge < -0.3 is 5.11 Å². The fourth-order valence-electron chi connectivity index (χ4n) is 2.15. The first-order valence-electron chi connectivity index (χ1n) is 5.69. The number of aryl methyl sites for hydroxylation is 1. The maximum Gasteiger partial charge on any atom is 0.252 e. The molecule has 0 amide bonds. The quantitative estimate of drug-likeness (QED) is 0.914. The minimum atomic E-state index is -3.36. The van der Waals surface area contributed by atoms with E-state index in [9.17, 15) is 8.42 Å². The number of aliphatic hydroxyl groups excluding tert-OH is 1. The van der Waals surface area contributed by atoms with Crippen LogP contribution >= 0.6 is 11.3 Å². The van der Waals surface area contributed by atoms with Gasteiger partial charge in [0.15, 0.2) is 0 Å². The Morgan fingerprint density at radius 2 is 2.29 bits per heavy atom. The van der Waals surface area contributed by atoms with E-state index in [-0.39, 0.29) is 12.6 Å². The lowest BCUT2D eigenvalue weighted by Gasteiger charge is -2.19. The maximum absolute atomic E-state index is 12.4. The zero-order chi connectivity index (χ0) is 12.6. The number of aliphatic hydroxyl groups is 1. The normalized spacial score (nSPS) is 22.2. The van der Waals surface area contributed by atoms with Crippen molar-refractivity contribution in [2.24, 2.45) is 0 Å². The molecule has 1 aromatic rings. The summed E-state index contributed by atoms with van der Waals surface area (Å²) >= 11 is 1.18. The van der Waals surface area contributed by atoms with Crippen molar-refractivity contribution in [1.82, 2.24) is 4.31 Å². The van der Waals surface area contributed by atoms with E-state index in [1.54, 1.807) is 10.4 Å². The Bertz CT molecular complexity index is 507. The van der Waals surface area contributed by atoms with Gasteiger partial charge in [0.05, 0.1) is 6.61 Å². The minimum absolute atomic E-state index is 0.0833. The van der Waals surface area contributed by atoms with Crippen molar-refractivity contribution in [3.05, 3.63) is 16.5 Å². The van der Waals surface area contributed by atoms with Crippen molar-refractivity contribution in [3.63, 3.8) is 0 Å². The van der Waals surface area contributed by atoms with Gasteiger partial charge in [0.2, 0.25) is 0 Å². The van der Waals surface area contributed by atoms with E-state index in [1.807, 2.05) is 13.8 Å². The molecule has 2 heterocycles. The SMILES string of the molecule is Cc1cc(S(=O)(=O)N2CCCC2C)sc1CO. The summed E-state index contributed by atoms with van der Waals surface area (Å²) in [5.74, 6) is 0. The molecule has 1 atom stereocenters. The first kappa shape index (κ1) is 13.0. The Kier molecular flexibility index (Phi) is 3.58. The molecule has 1 unspecified atom stereocenters. The number of hydrogen-bond donors (Lipinski definition) is 1. The van der Waals surface area contributed by atoms with Crippen molar-refractivity contribution >= 4 is 21.4 Å². The van der Waals surface area contributed by atoms with Gasteiger partial charge >= 0.3 is 0 Å². The maximum atomic E-state index is 12.4. The molecule has 1 saturated heterocycles. The van der Waals surface area contributed by atoms with Gasteiger partial charge in [-0.2, -0.15) is 4.31 Å². The lowest BCUT2D eigenvalue weighted by atomic mass is 10.3. The van der Waals surface area contributed by atoms with Crippen LogP contribution < -0.4 is 0 Å². The predicted octanol–water partition coefficient (Wildman–Crippen LogP) is 1.72. The van der Waals surface area contributed by atoms with Crippen LogP contribution in [0.4, 0.5) is 0 Å². The molecule has 96 valence electrons. The Hall–Kier alpha value is -0.430. The highest BCUT2D eigenvalue weighted by Gasteiger charge is 2.33. The molecule has 1 fully saturated rings. The lowest BCUT2D eigenvalue weighted by Crippen LogP contribution is -2.33. The molecule has 6 heteroatoms. The van der Waals surface area contributed by atoms with E-state index >= 15 is 0 Å². The third-order valence-corrected chi connectivity index (χ3v) is 6.88. The first-order chi connectivity index (χ1) is 7.96. The standard InChI is InChI=1S/C11H17NO3S2/c1-8-6-11(16-10(8)7-13)17(14,15)12-5-3-4-9(12)2/h6,9,13H,3-5,7H2,1-2H3. The first-order valence-corrected chi connectivity index (χ1v) is 7.94. The zero-order valence-corrected chi connectivity index (χ0v) is 11.6. The Morgan fingerprint density at radius 3 is 2.76 bits per heavy atom. The summed E-state index contributed by atoms with van der Waals surface area (Å²) in [6.45, 7) is 4.28. The topological polar surface area (TPSA) is 57.6 Å². The highest BCUT2D eigenvalue weighted by molar-refractivity contribution is 7.91. The smallest absolute Gasteiger partial charge is 0.252 e.